The third kappa shape index (κ3) is 2.71. The number of H-pyrrole nitrogens is 1. The highest BCUT2D eigenvalue weighted by Gasteiger charge is 2.48. The van der Waals surface area contributed by atoms with Crippen LogP contribution in [0.15, 0.2) is 37.4 Å². The first-order valence-electron chi connectivity index (χ1n) is 10.9. The number of aromatic amines is 1. The van der Waals surface area contributed by atoms with Gasteiger partial charge in [0.15, 0.2) is 11.6 Å². The van der Waals surface area contributed by atoms with Gasteiger partial charge in [0.25, 0.3) is 0 Å². The molecule has 4 aromatic rings. The zero-order valence-corrected chi connectivity index (χ0v) is 17.3. The summed E-state index contributed by atoms with van der Waals surface area (Å²) in [5.74, 6) is -0.974. The highest BCUT2D eigenvalue weighted by molar-refractivity contribution is 5.93. The van der Waals surface area contributed by atoms with Crippen LogP contribution in [-0.4, -0.2) is 35.6 Å². The van der Waals surface area contributed by atoms with E-state index < -0.39 is 17.7 Å². The Morgan fingerprint density at radius 2 is 1.97 bits per heavy atom. The van der Waals surface area contributed by atoms with Gasteiger partial charge in [-0.1, -0.05) is 12.7 Å². The number of nitrogens with one attached hydrogen (secondary N) is 1. The van der Waals surface area contributed by atoms with Crippen molar-refractivity contribution in [3.8, 4) is 11.4 Å². The predicted octanol–water partition coefficient (Wildman–Crippen LogP) is 4.82. The molecule has 0 spiro atoms. The molecular formula is C24H22FN5O2. The molecule has 3 aliphatic carbocycles. The first-order chi connectivity index (χ1) is 15.5. The van der Waals surface area contributed by atoms with Gasteiger partial charge < -0.3 is 14.7 Å². The first kappa shape index (κ1) is 19.2. The van der Waals surface area contributed by atoms with E-state index in [2.05, 4.69) is 21.5 Å². The molecule has 0 aromatic carbocycles. The van der Waals surface area contributed by atoms with Crippen LogP contribution in [0.5, 0.6) is 0 Å². The molecule has 3 aliphatic rings. The number of carboxylic acids is 1. The standard InChI is InChI=1S/C24H22FN5O2/c1-2-12-7-15-16(9-27-21(15)26-8-12)22-28-10-17-18(25)11-30(23(17)29-22)20-14-5-3-13(4-6-14)19(20)24(31)32/h2,7-11,13-14,19-20H,1,3-6H2,(H,26,27)(H,31,32)/t13?,14?,19-,20-/m1/s1. The zero-order valence-electron chi connectivity index (χ0n) is 17.3. The van der Waals surface area contributed by atoms with E-state index in [9.17, 15) is 14.3 Å². The Kier molecular flexibility index (Phi) is 4.18. The van der Waals surface area contributed by atoms with Crippen LogP contribution in [-0.2, 0) is 4.79 Å². The summed E-state index contributed by atoms with van der Waals surface area (Å²) >= 11 is 0. The largest absolute Gasteiger partial charge is 0.481 e. The van der Waals surface area contributed by atoms with Crippen molar-refractivity contribution in [2.24, 2.45) is 17.8 Å². The van der Waals surface area contributed by atoms with Crippen LogP contribution in [0.1, 0.15) is 37.3 Å². The summed E-state index contributed by atoms with van der Waals surface area (Å²) < 4.78 is 16.7. The Labute approximate surface area is 183 Å². The smallest absolute Gasteiger partial charge is 0.308 e. The van der Waals surface area contributed by atoms with E-state index in [0.717, 1.165) is 42.2 Å². The lowest BCUT2D eigenvalue weighted by molar-refractivity contribution is -0.151. The fourth-order valence-corrected chi connectivity index (χ4v) is 5.83. The van der Waals surface area contributed by atoms with E-state index in [1.165, 1.54) is 12.4 Å². The Bertz CT molecular complexity index is 1380. The van der Waals surface area contributed by atoms with Crippen LogP contribution in [0.4, 0.5) is 4.39 Å². The topological polar surface area (TPSA) is 96.7 Å². The molecule has 2 atom stereocenters. The van der Waals surface area contributed by atoms with Gasteiger partial charge >= 0.3 is 5.97 Å². The third-order valence-corrected chi connectivity index (χ3v) is 7.33. The van der Waals surface area contributed by atoms with E-state index in [4.69, 9.17) is 4.98 Å². The third-order valence-electron chi connectivity index (χ3n) is 7.33. The van der Waals surface area contributed by atoms with Gasteiger partial charge in [0, 0.05) is 35.7 Å². The van der Waals surface area contributed by atoms with E-state index in [-0.39, 0.29) is 17.9 Å². The average molecular weight is 431 g/mol. The fraction of sp³-hybridized carbons (Fsp3) is 0.333. The quantitative estimate of drug-likeness (QED) is 0.483. The maximum absolute atomic E-state index is 14.9. The molecule has 0 unspecified atom stereocenters. The Hall–Kier alpha value is -3.55. The molecule has 32 heavy (non-hydrogen) atoms. The molecule has 4 heterocycles. The second kappa shape index (κ2) is 6.98. The lowest BCUT2D eigenvalue weighted by Crippen LogP contribution is -2.44. The molecule has 3 fully saturated rings. The fourth-order valence-electron chi connectivity index (χ4n) is 5.83. The van der Waals surface area contributed by atoms with Crippen LogP contribution >= 0.6 is 0 Å². The number of hydrogen-bond acceptors (Lipinski definition) is 4. The van der Waals surface area contributed by atoms with Gasteiger partial charge in [0.2, 0.25) is 0 Å². The molecule has 4 aromatic heterocycles. The van der Waals surface area contributed by atoms with Crippen molar-refractivity contribution >= 4 is 34.1 Å². The molecule has 0 saturated heterocycles. The van der Waals surface area contributed by atoms with E-state index in [1.54, 1.807) is 23.0 Å². The number of hydrogen-bond donors (Lipinski definition) is 2. The van der Waals surface area contributed by atoms with Crippen molar-refractivity contribution in [3.05, 3.63) is 48.8 Å². The number of carbonyl (C=O) groups is 1. The van der Waals surface area contributed by atoms with Crippen molar-refractivity contribution in [3.63, 3.8) is 0 Å². The van der Waals surface area contributed by atoms with E-state index >= 15 is 0 Å². The number of fused-ring (bicyclic) bond motifs is 5. The summed E-state index contributed by atoms with van der Waals surface area (Å²) in [7, 11) is 0. The number of aliphatic carboxylic acids is 1. The van der Waals surface area contributed by atoms with Crippen molar-refractivity contribution < 1.29 is 14.3 Å². The number of halogens is 1. The van der Waals surface area contributed by atoms with Gasteiger partial charge in [0.05, 0.1) is 17.3 Å². The normalized spacial score (nSPS) is 24.9. The van der Waals surface area contributed by atoms with Gasteiger partial charge in [0.1, 0.15) is 11.3 Å². The Morgan fingerprint density at radius 3 is 2.72 bits per heavy atom. The maximum Gasteiger partial charge on any atom is 0.308 e. The van der Waals surface area contributed by atoms with Crippen LogP contribution < -0.4 is 0 Å². The predicted molar refractivity (Wildman–Crippen MR) is 118 cm³/mol. The zero-order chi connectivity index (χ0) is 22.0. The molecule has 162 valence electrons. The van der Waals surface area contributed by atoms with Crippen LogP contribution in [0.3, 0.4) is 0 Å². The average Bonchev–Trinajstić information content (AvgIpc) is 3.39. The molecule has 0 amide bonds. The summed E-state index contributed by atoms with van der Waals surface area (Å²) in [5.41, 5.74) is 2.77. The van der Waals surface area contributed by atoms with Crippen molar-refractivity contribution in [1.82, 2.24) is 24.5 Å². The number of aromatic nitrogens is 5. The Morgan fingerprint density at radius 1 is 1.19 bits per heavy atom. The Balaban J connectivity index is 1.53. The molecule has 0 radical (unpaired) electrons. The summed E-state index contributed by atoms with van der Waals surface area (Å²) in [6.45, 7) is 3.80. The molecule has 2 N–H and O–H groups in total. The second-order valence-electron chi connectivity index (χ2n) is 8.92. The monoisotopic (exact) mass is 431 g/mol. The van der Waals surface area contributed by atoms with Crippen LogP contribution in [0, 0.1) is 23.6 Å². The molecular weight excluding hydrogens is 409 g/mol. The SMILES string of the molecule is C=Cc1cnc2[nH]cc(-c3ncc4c(F)cn([C@@H]5C6CCC(CC6)[C@H]5C(=O)O)c4n3)c2c1. The molecule has 2 bridgehead atoms. The first-order valence-corrected chi connectivity index (χ1v) is 10.9. The minimum absolute atomic E-state index is 0.126. The maximum atomic E-state index is 14.9. The van der Waals surface area contributed by atoms with E-state index in [1.807, 2.05) is 6.07 Å². The van der Waals surface area contributed by atoms with Gasteiger partial charge in [-0.3, -0.25) is 4.79 Å². The minimum atomic E-state index is -0.805. The lowest BCUT2D eigenvalue weighted by atomic mass is 9.61. The number of pyridine rings is 1. The molecule has 3 saturated carbocycles. The van der Waals surface area contributed by atoms with Crippen LogP contribution in [0.2, 0.25) is 0 Å². The van der Waals surface area contributed by atoms with Gasteiger partial charge in [-0.2, -0.15) is 0 Å². The highest BCUT2D eigenvalue weighted by atomic mass is 19.1. The van der Waals surface area contributed by atoms with Gasteiger partial charge in [-0.05, 0) is 49.1 Å². The summed E-state index contributed by atoms with van der Waals surface area (Å²) in [6, 6.07) is 1.65. The highest BCUT2D eigenvalue weighted by Crippen LogP contribution is 2.52. The second-order valence-corrected chi connectivity index (χ2v) is 8.92. The van der Waals surface area contributed by atoms with Crippen molar-refractivity contribution in [2.45, 2.75) is 31.7 Å². The number of rotatable bonds is 4. The summed E-state index contributed by atoms with van der Waals surface area (Å²) in [5, 5.41) is 11.1. The summed E-state index contributed by atoms with van der Waals surface area (Å²) in [6.07, 6.45) is 11.9. The van der Waals surface area contributed by atoms with Crippen molar-refractivity contribution in [2.75, 3.05) is 0 Å². The number of nitrogens with zero attached hydrogens (tertiary/aromatic N) is 4. The van der Waals surface area contributed by atoms with Gasteiger partial charge in [-0.25, -0.2) is 19.3 Å². The summed E-state index contributed by atoms with van der Waals surface area (Å²) in [4.78, 5) is 28.9. The molecule has 7 nitrogen and oxygen atoms in total. The number of carboxylic acid groups (broad SMARTS) is 1. The molecule has 7 rings (SSSR count). The molecule has 8 heteroatoms. The van der Waals surface area contributed by atoms with Crippen molar-refractivity contribution in [1.29, 1.82) is 0 Å². The van der Waals surface area contributed by atoms with Crippen LogP contribution in [0.25, 0.3) is 39.5 Å². The molecule has 0 aliphatic heterocycles. The lowest BCUT2D eigenvalue weighted by Gasteiger charge is -2.47. The van der Waals surface area contributed by atoms with Gasteiger partial charge in [-0.15, -0.1) is 0 Å². The van der Waals surface area contributed by atoms with E-state index in [0.29, 0.717) is 22.5 Å². The minimum Gasteiger partial charge on any atom is -0.481 e.